The van der Waals surface area contributed by atoms with Crippen LogP contribution in [0.15, 0.2) is 60.7 Å². The van der Waals surface area contributed by atoms with Crippen LogP contribution in [0.2, 0.25) is 0 Å². The third kappa shape index (κ3) is 3.46. The first-order chi connectivity index (χ1) is 7.61. The molecule has 0 aromatic heterocycles. The zero-order valence-corrected chi connectivity index (χ0v) is 8.63. The Labute approximate surface area is 93.7 Å². The standard InChI is InChI=1S/C7H6O.C6H6O2/c1-6-4-2-3-5-7(6)8;7-5-3-1-2-4-6(5)8/h2-5H,1H2;1-4,7-8H. The molecule has 0 saturated heterocycles. The Morgan fingerprint density at radius 2 is 1.44 bits per heavy atom. The first-order valence-corrected chi connectivity index (χ1v) is 4.66. The molecule has 0 bridgehead atoms. The summed E-state index contributed by atoms with van der Waals surface area (Å²) in [7, 11) is 0. The molecule has 3 nitrogen and oxygen atoms in total. The van der Waals surface area contributed by atoms with Crippen LogP contribution in [-0.2, 0) is 4.79 Å². The van der Waals surface area contributed by atoms with Crippen LogP contribution in [0.25, 0.3) is 0 Å². The lowest BCUT2D eigenvalue weighted by molar-refractivity contribution is -0.111. The summed E-state index contributed by atoms with van der Waals surface area (Å²) in [4.78, 5) is 10.6. The van der Waals surface area contributed by atoms with Crippen molar-refractivity contribution in [3.63, 3.8) is 0 Å². The van der Waals surface area contributed by atoms with Gasteiger partial charge in [0, 0.05) is 5.57 Å². The molecule has 2 N–H and O–H groups in total. The summed E-state index contributed by atoms with van der Waals surface area (Å²) in [6.07, 6.45) is 6.70. The van der Waals surface area contributed by atoms with Crippen molar-refractivity contribution in [3.8, 4) is 11.5 Å². The molecule has 3 heteroatoms. The van der Waals surface area contributed by atoms with Crippen molar-refractivity contribution < 1.29 is 15.0 Å². The number of carbonyl (C=O) groups is 1. The van der Waals surface area contributed by atoms with Gasteiger partial charge in [-0.05, 0) is 18.2 Å². The number of hydrogen-bond donors (Lipinski definition) is 2. The number of carbonyl (C=O) groups excluding carboxylic acids is 1. The van der Waals surface area contributed by atoms with Gasteiger partial charge in [0.25, 0.3) is 0 Å². The molecule has 82 valence electrons. The van der Waals surface area contributed by atoms with Crippen molar-refractivity contribution in [2.45, 2.75) is 0 Å². The normalized spacial score (nSPS) is 13.2. The first kappa shape index (κ1) is 11.8. The largest absolute Gasteiger partial charge is 0.504 e. The van der Waals surface area contributed by atoms with E-state index in [0.717, 1.165) is 0 Å². The van der Waals surface area contributed by atoms with Crippen molar-refractivity contribution in [3.05, 3.63) is 60.7 Å². The number of ketones is 1. The van der Waals surface area contributed by atoms with E-state index in [1.165, 1.54) is 18.2 Å². The number of phenolic OH excluding ortho intramolecular Hbond substituents is 2. The number of allylic oxidation sites excluding steroid dienone is 5. The van der Waals surface area contributed by atoms with Crippen molar-refractivity contribution in [1.82, 2.24) is 0 Å². The topological polar surface area (TPSA) is 57.5 Å². The SMILES string of the molecule is C=C1C=CC=CC1=O.Oc1ccccc1O. The van der Waals surface area contributed by atoms with Gasteiger partial charge in [0.1, 0.15) is 0 Å². The van der Waals surface area contributed by atoms with Crippen LogP contribution in [0.5, 0.6) is 11.5 Å². The molecular formula is C13H12O3. The quantitative estimate of drug-likeness (QED) is 0.517. The summed E-state index contributed by atoms with van der Waals surface area (Å²) in [5.41, 5.74) is 0.563. The molecule has 2 rings (SSSR count). The Hall–Kier alpha value is -2.29. The maximum absolute atomic E-state index is 10.6. The van der Waals surface area contributed by atoms with Crippen molar-refractivity contribution in [2.24, 2.45) is 0 Å². The van der Waals surface area contributed by atoms with Crippen LogP contribution >= 0.6 is 0 Å². The molecular weight excluding hydrogens is 204 g/mol. The number of aromatic hydroxyl groups is 2. The number of phenols is 2. The van der Waals surface area contributed by atoms with Gasteiger partial charge in [-0.2, -0.15) is 0 Å². The monoisotopic (exact) mass is 216 g/mol. The smallest absolute Gasteiger partial charge is 0.185 e. The van der Waals surface area contributed by atoms with Crippen LogP contribution in [0.3, 0.4) is 0 Å². The molecule has 0 amide bonds. The Morgan fingerprint density at radius 1 is 0.938 bits per heavy atom. The van der Waals surface area contributed by atoms with Gasteiger partial charge in [-0.25, -0.2) is 0 Å². The van der Waals surface area contributed by atoms with E-state index in [4.69, 9.17) is 10.2 Å². The van der Waals surface area contributed by atoms with E-state index < -0.39 is 0 Å². The lowest BCUT2D eigenvalue weighted by Crippen LogP contribution is -1.95. The average Bonchev–Trinajstić information content (AvgIpc) is 2.28. The fourth-order valence-corrected chi connectivity index (χ4v) is 0.968. The molecule has 0 fully saturated rings. The molecule has 1 aliphatic carbocycles. The molecule has 0 radical (unpaired) electrons. The Kier molecular flexibility index (Phi) is 4.09. The Bertz CT molecular complexity index is 413. The van der Waals surface area contributed by atoms with Crippen LogP contribution in [-0.4, -0.2) is 16.0 Å². The number of hydrogen-bond acceptors (Lipinski definition) is 3. The molecule has 0 spiro atoms. The summed E-state index contributed by atoms with van der Waals surface area (Å²) < 4.78 is 0. The Balaban J connectivity index is 0.000000160. The predicted molar refractivity (Wildman–Crippen MR) is 62.2 cm³/mol. The molecule has 16 heavy (non-hydrogen) atoms. The van der Waals surface area contributed by atoms with Gasteiger partial charge in [-0.1, -0.05) is 36.9 Å². The second kappa shape index (κ2) is 5.56. The van der Waals surface area contributed by atoms with Gasteiger partial charge >= 0.3 is 0 Å². The van der Waals surface area contributed by atoms with E-state index >= 15 is 0 Å². The van der Waals surface area contributed by atoms with Gasteiger partial charge in [0.05, 0.1) is 0 Å². The third-order valence-electron chi connectivity index (χ3n) is 1.85. The Morgan fingerprint density at radius 3 is 1.75 bits per heavy atom. The van der Waals surface area contributed by atoms with Crippen LogP contribution < -0.4 is 0 Å². The highest BCUT2D eigenvalue weighted by Crippen LogP contribution is 2.21. The van der Waals surface area contributed by atoms with Gasteiger partial charge in [-0.3, -0.25) is 4.79 Å². The van der Waals surface area contributed by atoms with Crippen LogP contribution in [0, 0.1) is 0 Å². The van der Waals surface area contributed by atoms with Crippen molar-refractivity contribution in [2.75, 3.05) is 0 Å². The summed E-state index contributed by atoms with van der Waals surface area (Å²) in [6, 6.07) is 6.15. The molecule has 0 unspecified atom stereocenters. The maximum atomic E-state index is 10.6. The fraction of sp³-hybridized carbons (Fsp3) is 0. The third-order valence-corrected chi connectivity index (χ3v) is 1.85. The summed E-state index contributed by atoms with van der Waals surface area (Å²) >= 11 is 0. The fourth-order valence-electron chi connectivity index (χ4n) is 0.968. The first-order valence-electron chi connectivity index (χ1n) is 4.66. The molecule has 1 aromatic carbocycles. The predicted octanol–water partition coefficient (Wildman–Crippen LogP) is 2.34. The second-order valence-electron chi connectivity index (χ2n) is 3.10. The van der Waals surface area contributed by atoms with Gasteiger partial charge < -0.3 is 10.2 Å². The van der Waals surface area contributed by atoms with E-state index in [0.29, 0.717) is 5.57 Å². The zero-order valence-electron chi connectivity index (χ0n) is 8.63. The van der Waals surface area contributed by atoms with E-state index in [2.05, 4.69) is 6.58 Å². The van der Waals surface area contributed by atoms with Crippen LogP contribution in [0.4, 0.5) is 0 Å². The minimum absolute atomic E-state index is 0.00694. The lowest BCUT2D eigenvalue weighted by Gasteiger charge is -1.94. The van der Waals surface area contributed by atoms with Gasteiger partial charge in [0.15, 0.2) is 17.3 Å². The summed E-state index contributed by atoms with van der Waals surface area (Å²) in [5, 5.41) is 17.3. The van der Waals surface area contributed by atoms with Gasteiger partial charge in [0.2, 0.25) is 0 Å². The van der Waals surface area contributed by atoms with E-state index in [-0.39, 0.29) is 17.3 Å². The lowest BCUT2D eigenvalue weighted by atomic mass is 10.1. The minimum Gasteiger partial charge on any atom is -0.504 e. The highest BCUT2D eigenvalue weighted by molar-refractivity contribution is 6.06. The average molecular weight is 216 g/mol. The van der Waals surface area contributed by atoms with Crippen molar-refractivity contribution >= 4 is 5.78 Å². The van der Waals surface area contributed by atoms with E-state index in [1.54, 1.807) is 30.4 Å². The highest BCUT2D eigenvalue weighted by atomic mass is 16.3. The van der Waals surface area contributed by atoms with E-state index in [1.807, 2.05) is 0 Å². The summed E-state index contributed by atoms with van der Waals surface area (Å²) in [5.74, 6) is -0.146. The molecule has 1 aromatic rings. The number of benzene rings is 1. The maximum Gasteiger partial charge on any atom is 0.185 e. The molecule has 1 aliphatic rings. The number of para-hydroxylation sites is 2. The molecule has 0 aliphatic heterocycles. The molecule has 0 atom stereocenters. The zero-order chi connectivity index (χ0) is 12.0. The molecule has 0 saturated carbocycles. The molecule has 0 heterocycles. The second-order valence-corrected chi connectivity index (χ2v) is 3.10. The number of rotatable bonds is 0. The van der Waals surface area contributed by atoms with E-state index in [9.17, 15) is 4.79 Å². The van der Waals surface area contributed by atoms with Crippen LogP contribution in [0.1, 0.15) is 0 Å². The van der Waals surface area contributed by atoms with Crippen molar-refractivity contribution in [1.29, 1.82) is 0 Å². The summed E-state index contributed by atoms with van der Waals surface area (Å²) in [6.45, 7) is 3.51. The minimum atomic E-state index is -0.0764. The van der Waals surface area contributed by atoms with Gasteiger partial charge in [-0.15, -0.1) is 0 Å². The highest BCUT2D eigenvalue weighted by Gasteiger charge is 1.99.